The van der Waals surface area contributed by atoms with Crippen molar-refractivity contribution in [2.45, 2.75) is 18.7 Å². The smallest absolute Gasteiger partial charge is 0.243 e. The second kappa shape index (κ2) is 6.72. The Morgan fingerprint density at radius 3 is 2.52 bits per heavy atom. The number of hydrogen-bond donors (Lipinski definition) is 1. The third kappa shape index (κ3) is 3.93. The highest BCUT2D eigenvalue weighted by Gasteiger charge is 2.28. The Bertz CT molecular complexity index is 566. The molecule has 0 radical (unpaired) electrons. The molecule has 0 aromatic carbocycles. The molecule has 1 aliphatic rings. The van der Waals surface area contributed by atoms with E-state index >= 15 is 0 Å². The van der Waals surface area contributed by atoms with Crippen LogP contribution in [0.25, 0.3) is 0 Å². The van der Waals surface area contributed by atoms with E-state index in [-0.39, 0.29) is 0 Å². The van der Waals surface area contributed by atoms with Crippen LogP contribution in [0, 0.1) is 5.92 Å². The maximum Gasteiger partial charge on any atom is 0.243 e. The Hall–Kier alpha value is -1.18. The Labute approximate surface area is 127 Å². The van der Waals surface area contributed by atoms with Gasteiger partial charge in [-0.25, -0.2) is 13.4 Å². The summed E-state index contributed by atoms with van der Waals surface area (Å²) in [6, 6.07) is 3.13. The maximum atomic E-state index is 12.6. The number of aromatic nitrogens is 1. The molecule has 2 heterocycles. The van der Waals surface area contributed by atoms with Gasteiger partial charge in [-0.1, -0.05) is 13.8 Å². The van der Waals surface area contributed by atoms with Crippen molar-refractivity contribution >= 4 is 15.8 Å². The molecule has 118 valence electrons. The van der Waals surface area contributed by atoms with Crippen LogP contribution in [0.5, 0.6) is 0 Å². The summed E-state index contributed by atoms with van der Waals surface area (Å²) >= 11 is 0. The Morgan fingerprint density at radius 1 is 1.29 bits per heavy atom. The van der Waals surface area contributed by atoms with Crippen molar-refractivity contribution in [3.63, 3.8) is 0 Å². The van der Waals surface area contributed by atoms with Gasteiger partial charge in [0.25, 0.3) is 0 Å². The second-order valence-electron chi connectivity index (χ2n) is 5.73. The average molecular weight is 312 g/mol. The molecule has 0 aliphatic carbocycles. The fourth-order valence-electron chi connectivity index (χ4n) is 2.53. The van der Waals surface area contributed by atoms with Crippen LogP contribution < -0.4 is 5.32 Å². The summed E-state index contributed by atoms with van der Waals surface area (Å²) in [5.41, 5.74) is 0. The first kappa shape index (κ1) is 16.2. The van der Waals surface area contributed by atoms with Crippen molar-refractivity contribution < 1.29 is 8.42 Å². The molecule has 1 aliphatic heterocycles. The zero-order valence-corrected chi connectivity index (χ0v) is 13.7. The molecule has 21 heavy (non-hydrogen) atoms. The van der Waals surface area contributed by atoms with Gasteiger partial charge in [0, 0.05) is 52.0 Å². The van der Waals surface area contributed by atoms with Gasteiger partial charge in [-0.3, -0.25) is 0 Å². The van der Waals surface area contributed by atoms with E-state index in [1.807, 2.05) is 0 Å². The predicted molar refractivity (Wildman–Crippen MR) is 83.8 cm³/mol. The van der Waals surface area contributed by atoms with E-state index in [1.54, 1.807) is 23.5 Å². The van der Waals surface area contributed by atoms with Gasteiger partial charge in [0.2, 0.25) is 10.0 Å². The van der Waals surface area contributed by atoms with E-state index in [4.69, 9.17) is 0 Å². The molecule has 0 atom stereocenters. The lowest BCUT2D eigenvalue weighted by Gasteiger charge is -2.34. The molecule has 7 heteroatoms. The number of nitrogens with zero attached hydrogens (tertiary/aromatic N) is 3. The molecule has 1 saturated heterocycles. The number of anilines is 1. The van der Waals surface area contributed by atoms with Crippen LogP contribution in [-0.4, -0.2) is 62.4 Å². The number of rotatable bonds is 5. The van der Waals surface area contributed by atoms with Gasteiger partial charge < -0.3 is 10.2 Å². The number of sulfonamides is 1. The summed E-state index contributed by atoms with van der Waals surface area (Å²) in [6.45, 7) is 8.06. The minimum absolute atomic E-state index is 0.305. The number of pyridine rings is 1. The van der Waals surface area contributed by atoms with E-state index in [2.05, 4.69) is 29.0 Å². The van der Waals surface area contributed by atoms with E-state index in [1.165, 1.54) is 6.20 Å². The Balaban J connectivity index is 2.07. The largest absolute Gasteiger partial charge is 0.373 e. The normalized spacial score (nSPS) is 18.1. The quantitative estimate of drug-likeness (QED) is 0.881. The Kier molecular flexibility index (Phi) is 5.18. The highest BCUT2D eigenvalue weighted by atomic mass is 32.2. The molecule has 0 amide bonds. The summed E-state index contributed by atoms with van der Waals surface area (Å²) in [5.74, 6) is 1.17. The van der Waals surface area contributed by atoms with Gasteiger partial charge in [0.05, 0.1) is 4.90 Å². The van der Waals surface area contributed by atoms with Gasteiger partial charge in [-0.05, 0) is 12.0 Å². The zero-order chi connectivity index (χ0) is 15.5. The number of hydrogen-bond acceptors (Lipinski definition) is 5. The first-order valence-electron chi connectivity index (χ1n) is 7.30. The predicted octanol–water partition coefficient (Wildman–Crippen LogP) is 1.09. The summed E-state index contributed by atoms with van der Waals surface area (Å²) in [4.78, 5) is 6.69. The van der Waals surface area contributed by atoms with Crippen LogP contribution in [0.4, 0.5) is 5.82 Å². The molecule has 1 aromatic rings. The third-order valence-corrected chi connectivity index (χ3v) is 5.47. The molecule has 1 N–H and O–H groups in total. The lowest BCUT2D eigenvalue weighted by atomic mass is 10.2. The van der Waals surface area contributed by atoms with Crippen LogP contribution >= 0.6 is 0 Å². The molecular formula is C14H24N4O2S. The molecule has 0 saturated carbocycles. The van der Waals surface area contributed by atoms with Crippen molar-refractivity contribution in [1.29, 1.82) is 0 Å². The average Bonchev–Trinajstić information content (AvgIpc) is 2.47. The lowest BCUT2D eigenvalue weighted by Crippen LogP contribution is -2.49. The summed E-state index contributed by atoms with van der Waals surface area (Å²) in [5, 5.41) is 2.87. The van der Waals surface area contributed by atoms with E-state index < -0.39 is 10.0 Å². The summed E-state index contributed by atoms with van der Waals surface area (Å²) in [6.07, 6.45) is 1.52. The van der Waals surface area contributed by atoms with Crippen molar-refractivity contribution in [3.05, 3.63) is 18.3 Å². The second-order valence-corrected chi connectivity index (χ2v) is 7.66. The van der Waals surface area contributed by atoms with Gasteiger partial charge >= 0.3 is 0 Å². The first-order chi connectivity index (χ1) is 9.93. The molecule has 0 bridgehead atoms. The highest BCUT2D eigenvalue weighted by Crippen LogP contribution is 2.19. The fraction of sp³-hybridized carbons (Fsp3) is 0.643. The summed E-state index contributed by atoms with van der Waals surface area (Å²) < 4.78 is 26.8. The summed E-state index contributed by atoms with van der Waals surface area (Å²) in [7, 11) is -1.69. The maximum absolute atomic E-state index is 12.6. The van der Waals surface area contributed by atoms with E-state index in [0.717, 1.165) is 19.6 Å². The van der Waals surface area contributed by atoms with Crippen LogP contribution in [0.2, 0.25) is 0 Å². The molecule has 2 rings (SSSR count). The first-order valence-corrected chi connectivity index (χ1v) is 8.74. The standard InChI is InChI=1S/C14H24N4O2S/c1-12(2)11-17-6-8-18(9-7-17)21(19,20)13-4-5-16-14(10-13)15-3/h4-5,10,12H,6-9,11H2,1-3H3,(H,15,16). The third-order valence-electron chi connectivity index (χ3n) is 3.58. The minimum atomic E-state index is -3.42. The lowest BCUT2D eigenvalue weighted by molar-refractivity contribution is 0.172. The van der Waals surface area contributed by atoms with Crippen LogP contribution in [-0.2, 0) is 10.0 Å². The Morgan fingerprint density at radius 2 is 1.95 bits per heavy atom. The molecular weight excluding hydrogens is 288 g/mol. The van der Waals surface area contributed by atoms with E-state index in [9.17, 15) is 8.42 Å². The van der Waals surface area contributed by atoms with Crippen LogP contribution in [0.15, 0.2) is 23.2 Å². The van der Waals surface area contributed by atoms with Gasteiger partial charge in [0.15, 0.2) is 0 Å². The fourth-order valence-corrected chi connectivity index (χ4v) is 3.96. The monoisotopic (exact) mass is 312 g/mol. The number of piperazine rings is 1. The zero-order valence-electron chi connectivity index (χ0n) is 12.9. The van der Waals surface area contributed by atoms with Crippen molar-refractivity contribution in [2.24, 2.45) is 5.92 Å². The molecule has 0 unspecified atom stereocenters. The van der Waals surface area contributed by atoms with Gasteiger partial charge in [-0.15, -0.1) is 0 Å². The topological polar surface area (TPSA) is 65.5 Å². The van der Waals surface area contributed by atoms with Gasteiger partial charge in [-0.2, -0.15) is 4.31 Å². The van der Waals surface area contributed by atoms with Crippen LogP contribution in [0.3, 0.4) is 0 Å². The molecule has 1 fully saturated rings. The van der Waals surface area contributed by atoms with Crippen molar-refractivity contribution in [3.8, 4) is 0 Å². The van der Waals surface area contributed by atoms with Gasteiger partial charge in [0.1, 0.15) is 5.82 Å². The highest BCUT2D eigenvalue weighted by molar-refractivity contribution is 7.89. The number of nitrogens with one attached hydrogen (secondary N) is 1. The molecule has 6 nitrogen and oxygen atoms in total. The molecule has 1 aromatic heterocycles. The van der Waals surface area contributed by atoms with Crippen molar-refractivity contribution in [2.75, 3.05) is 45.1 Å². The van der Waals surface area contributed by atoms with Crippen molar-refractivity contribution in [1.82, 2.24) is 14.2 Å². The SMILES string of the molecule is CNc1cc(S(=O)(=O)N2CCN(CC(C)C)CC2)ccn1. The van der Waals surface area contributed by atoms with E-state index in [0.29, 0.717) is 29.7 Å². The molecule has 0 spiro atoms. The van der Waals surface area contributed by atoms with Crippen LogP contribution in [0.1, 0.15) is 13.8 Å². The minimum Gasteiger partial charge on any atom is -0.373 e.